The second kappa shape index (κ2) is 9.39. The quantitative estimate of drug-likeness (QED) is 0.239. The maximum atomic E-state index is 12.6. The van der Waals surface area contributed by atoms with Crippen molar-refractivity contribution in [1.29, 1.82) is 0 Å². The van der Waals surface area contributed by atoms with E-state index in [2.05, 4.69) is 15.3 Å². The summed E-state index contributed by atoms with van der Waals surface area (Å²) in [6.45, 7) is 1.13. The Morgan fingerprint density at radius 1 is 1.42 bits per heavy atom. The summed E-state index contributed by atoms with van der Waals surface area (Å²) in [5.74, 6) is -3.03. The fourth-order valence-corrected chi connectivity index (χ4v) is 5.26. The Kier molecular flexibility index (Phi) is 6.85. The number of fused-ring (bicyclic) bond motifs is 1. The van der Waals surface area contributed by atoms with Gasteiger partial charge in [-0.3, -0.25) is 24.1 Å². The third-order valence-corrected chi connectivity index (χ3v) is 6.66. The highest BCUT2D eigenvalue weighted by Crippen LogP contribution is 2.41. The number of oxime groups is 1. The van der Waals surface area contributed by atoms with E-state index in [1.54, 1.807) is 6.07 Å². The number of hydrogen-bond acceptors (Lipinski definition) is 10. The number of nitrogens with zero attached hydrogens (tertiary/aromatic N) is 2. The molecule has 0 bridgehead atoms. The van der Waals surface area contributed by atoms with Crippen molar-refractivity contribution in [1.82, 2.24) is 10.2 Å². The second-order valence-corrected chi connectivity index (χ2v) is 8.40. The Hall–Kier alpha value is -3.06. The van der Waals surface area contributed by atoms with Gasteiger partial charge in [0.15, 0.2) is 11.5 Å². The number of amides is 2. The van der Waals surface area contributed by atoms with Gasteiger partial charge in [-0.15, -0.1) is 11.8 Å². The van der Waals surface area contributed by atoms with Gasteiger partial charge in [-0.25, -0.2) is 4.79 Å². The van der Waals surface area contributed by atoms with Gasteiger partial charge < -0.3 is 19.7 Å². The van der Waals surface area contributed by atoms with E-state index in [0.717, 1.165) is 23.6 Å². The Balaban J connectivity index is 1.73. The molecule has 0 saturated carbocycles. The largest absolute Gasteiger partial charge is 0.477 e. The molecule has 2 unspecified atom stereocenters. The van der Waals surface area contributed by atoms with Crippen LogP contribution in [0, 0.1) is 0 Å². The standard InChI is InChI=1S/C18H17N3O8S2/c1-8(22)11(20-28-2)14(23)19-12-15(24)21-13(17(25)26)9(6-30-16(12)21)7-31-18(27)10-4-3-5-29-10/h3-5,12,16H,6-7H2,1-2H3,(H,19,23)(H,25,26)/b20-11-. The Morgan fingerprint density at radius 3 is 2.74 bits per heavy atom. The number of β-lactam (4-membered cyclic amide) rings is 1. The fourth-order valence-electron chi connectivity index (χ4n) is 2.98. The van der Waals surface area contributed by atoms with E-state index < -0.39 is 40.7 Å². The third-order valence-electron chi connectivity index (χ3n) is 4.37. The number of thioether (sulfide) groups is 2. The number of carbonyl (C=O) groups is 5. The number of carbonyl (C=O) groups excluding carboxylic acids is 4. The zero-order chi connectivity index (χ0) is 22.7. The molecule has 3 rings (SSSR count). The number of hydrogen-bond donors (Lipinski definition) is 2. The number of Topliss-reactive ketones (excluding diaryl/α,β-unsaturated/α-hetero) is 1. The SMILES string of the molecule is CO/N=C(/C(C)=O)C(=O)NC1C(=O)N2C(C(=O)O)=C(CSC(=O)c3ccco3)CSC12. The van der Waals surface area contributed by atoms with Crippen molar-refractivity contribution < 1.29 is 38.3 Å². The van der Waals surface area contributed by atoms with Crippen molar-refractivity contribution in [3.05, 3.63) is 35.4 Å². The highest BCUT2D eigenvalue weighted by Gasteiger charge is 2.54. The van der Waals surface area contributed by atoms with Gasteiger partial charge in [-0.2, -0.15) is 0 Å². The van der Waals surface area contributed by atoms with Crippen LogP contribution in [-0.2, 0) is 24.0 Å². The number of carboxylic acid groups (broad SMARTS) is 1. The maximum absolute atomic E-state index is 12.6. The van der Waals surface area contributed by atoms with E-state index in [0.29, 0.717) is 5.57 Å². The van der Waals surface area contributed by atoms with Gasteiger partial charge in [0.2, 0.25) is 5.71 Å². The second-order valence-electron chi connectivity index (χ2n) is 6.35. The molecule has 1 fully saturated rings. The summed E-state index contributed by atoms with van der Waals surface area (Å²) in [5, 5.41) is 14.4. The predicted octanol–water partition coefficient (Wildman–Crippen LogP) is 0.483. The molecule has 3 heterocycles. The molecule has 0 aliphatic carbocycles. The number of ketones is 1. The summed E-state index contributed by atoms with van der Waals surface area (Å²) in [7, 11) is 1.17. The van der Waals surface area contributed by atoms with Crippen molar-refractivity contribution in [2.75, 3.05) is 18.6 Å². The lowest BCUT2D eigenvalue weighted by atomic mass is 10.0. The smallest absolute Gasteiger partial charge is 0.352 e. The van der Waals surface area contributed by atoms with Crippen LogP contribution in [-0.4, -0.2) is 74.4 Å². The first-order valence-electron chi connectivity index (χ1n) is 8.79. The number of aliphatic carboxylic acids is 1. The van der Waals surface area contributed by atoms with E-state index >= 15 is 0 Å². The van der Waals surface area contributed by atoms with Crippen molar-refractivity contribution in [3.8, 4) is 0 Å². The van der Waals surface area contributed by atoms with Crippen LogP contribution in [0.2, 0.25) is 0 Å². The van der Waals surface area contributed by atoms with Crippen molar-refractivity contribution >= 4 is 57.9 Å². The highest BCUT2D eigenvalue weighted by molar-refractivity contribution is 8.14. The molecule has 0 radical (unpaired) electrons. The monoisotopic (exact) mass is 467 g/mol. The number of furan rings is 1. The zero-order valence-electron chi connectivity index (χ0n) is 16.3. The first-order chi connectivity index (χ1) is 14.8. The maximum Gasteiger partial charge on any atom is 0.352 e. The van der Waals surface area contributed by atoms with Gasteiger partial charge in [0.05, 0.1) is 6.26 Å². The van der Waals surface area contributed by atoms with E-state index in [9.17, 15) is 29.1 Å². The van der Waals surface area contributed by atoms with Crippen LogP contribution in [0.3, 0.4) is 0 Å². The molecule has 1 aromatic heterocycles. The van der Waals surface area contributed by atoms with Gasteiger partial charge in [0.25, 0.3) is 16.9 Å². The molecular formula is C18H17N3O8S2. The van der Waals surface area contributed by atoms with E-state index in [1.165, 1.54) is 31.2 Å². The molecule has 2 aliphatic heterocycles. The zero-order valence-corrected chi connectivity index (χ0v) is 17.9. The normalized spacial score (nSPS) is 20.6. The van der Waals surface area contributed by atoms with Gasteiger partial charge in [-0.1, -0.05) is 16.9 Å². The Bertz CT molecular complexity index is 1000. The molecule has 2 aliphatic rings. The molecule has 31 heavy (non-hydrogen) atoms. The predicted molar refractivity (Wildman–Crippen MR) is 110 cm³/mol. The first-order valence-corrected chi connectivity index (χ1v) is 10.8. The van der Waals surface area contributed by atoms with Crippen LogP contribution in [0.1, 0.15) is 17.5 Å². The summed E-state index contributed by atoms with van der Waals surface area (Å²) in [4.78, 5) is 65.9. The van der Waals surface area contributed by atoms with Crippen LogP contribution in [0.5, 0.6) is 0 Å². The summed E-state index contributed by atoms with van der Waals surface area (Å²) < 4.78 is 5.03. The molecule has 11 nitrogen and oxygen atoms in total. The molecule has 13 heteroatoms. The van der Waals surface area contributed by atoms with Crippen LogP contribution in [0.4, 0.5) is 0 Å². The third kappa shape index (κ3) is 4.51. The van der Waals surface area contributed by atoms with Crippen LogP contribution in [0.25, 0.3) is 0 Å². The number of rotatable bonds is 8. The summed E-state index contributed by atoms with van der Waals surface area (Å²) in [5.41, 5.74) is -0.310. The Labute approximate surface area is 184 Å². The van der Waals surface area contributed by atoms with Crippen LogP contribution < -0.4 is 5.32 Å². The van der Waals surface area contributed by atoms with E-state index in [4.69, 9.17) is 4.42 Å². The lowest BCUT2D eigenvalue weighted by molar-refractivity contribution is -0.150. The number of carboxylic acids is 1. The minimum absolute atomic E-state index is 0.0661. The summed E-state index contributed by atoms with van der Waals surface area (Å²) >= 11 is 2.12. The van der Waals surface area contributed by atoms with Gasteiger partial charge in [0.1, 0.15) is 24.2 Å². The number of nitrogens with one attached hydrogen (secondary N) is 1. The molecular weight excluding hydrogens is 450 g/mol. The van der Waals surface area contributed by atoms with Crippen molar-refractivity contribution in [2.45, 2.75) is 18.3 Å². The molecule has 1 saturated heterocycles. The molecule has 2 amide bonds. The van der Waals surface area contributed by atoms with Crippen LogP contribution in [0.15, 0.2) is 39.2 Å². The molecule has 164 valence electrons. The summed E-state index contributed by atoms with van der Waals surface area (Å²) in [6.07, 6.45) is 1.36. The fraction of sp³-hybridized carbons (Fsp3) is 0.333. The minimum Gasteiger partial charge on any atom is -0.477 e. The highest BCUT2D eigenvalue weighted by atomic mass is 32.2. The summed E-state index contributed by atoms with van der Waals surface area (Å²) in [6, 6.07) is 2.05. The average molecular weight is 467 g/mol. The van der Waals surface area contributed by atoms with Gasteiger partial charge in [0, 0.05) is 18.4 Å². The minimum atomic E-state index is -1.31. The average Bonchev–Trinajstić information content (AvgIpc) is 3.27. The Morgan fingerprint density at radius 2 is 2.16 bits per heavy atom. The van der Waals surface area contributed by atoms with Gasteiger partial charge in [-0.05, 0) is 17.7 Å². The lowest BCUT2D eigenvalue weighted by Crippen LogP contribution is -2.71. The first kappa shape index (κ1) is 22.6. The molecule has 0 aromatic carbocycles. The van der Waals surface area contributed by atoms with Crippen LogP contribution >= 0.6 is 23.5 Å². The molecule has 0 spiro atoms. The van der Waals surface area contributed by atoms with Crippen molar-refractivity contribution in [2.24, 2.45) is 5.16 Å². The van der Waals surface area contributed by atoms with Crippen molar-refractivity contribution in [3.63, 3.8) is 0 Å². The molecule has 2 N–H and O–H groups in total. The molecule has 2 atom stereocenters. The molecule has 1 aromatic rings. The lowest BCUT2D eigenvalue weighted by Gasteiger charge is -2.49. The topological polar surface area (TPSA) is 156 Å². The van der Waals surface area contributed by atoms with Gasteiger partial charge >= 0.3 is 5.97 Å². The van der Waals surface area contributed by atoms with E-state index in [-0.39, 0.29) is 28.1 Å². The van der Waals surface area contributed by atoms with E-state index in [1.807, 2.05) is 0 Å².